The highest BCUT2D eigenvalue weighted by molar-refractivity contribution is 5.83. The van der Waals surface area contributed by atoms with E-state index in [4.69, 9.17) is 4.98 Å². The van der Waals surface area contributed by atoms with Crippen LogP contribution in [0.25, 0.3) is 10.9 Å². The van der Waals surface area contributed by atoms with E-state index in [1.54, 1.807) is 0 Å². The maximum Gasteiger partial charge on any atom is 0.147 e. The molecule has 1 saturated heterocycles. The quantitative estimate of drug-likeness (QED) is 0.805. The van der Waals surface area contributed by atoms with Gasteiger partial charge in [-0.05, 0) is 39.1 Å². The van der Waals surface area contributed by atoms with Crippen LogP contribution in [0, 0.1) is 11.3 Å². The van der Waals surface area contributed by atoms with Gasteiger partial charge in [0.05, 0.1) is 11.1 Å². The van der Waals surface area contributed by atoms with Crippen LogP contribution >= 0.6 is 0 Å². The number of fused-ring (bicyclic) bond motifs is 1. The molecule has 1 unspecified atom stereocenters. The molecule has 4 nitrogen and oxygen atoms in total. The molecule has 1 aliphatic heterocycles. The molecule has 0 amide bonds. The molecule has 2 heterocycles. The highest BCUT2D eigenvalue weighted by Crippen LogP contribution is 2.26. The third kappa shape index (κ3) is 2.70. The van der Waals surface area contributed by atoms with Gasteiger partial charge in [-0.1, -0.05) is 18.2 Å². The van der Waals surface area contributed by atoms with E-state index in [9.17, 15) is 5.26 Å². The molecule has 0 bridgehead atoms. The average molecular weight is 280 g/mol. The standard InChI is InChI=1S/C17H20N4/c1-13-12-20(2)8-5-9-21(13)17-15(11-18)10-14-6-3-4-7-16(14)19-17/h3-4,6-7,10,13H,5,8-9,12H2,1-2H3. The molecule has 2 aromatic rings. The molecule has 0 aliphatic carbocycles. The number of likely N-dealkylation sites (N-methyl/N-ethyl adjacent to an activating group) is 1. The Labute approximate surface area is 125 Å². The first-order chi connectivity index (χ1) is 10.2. The van der Waals surface area contributed by atoms with Gasteiger partial charge in [0.2, 0.25) is 0 Å². The van der Waals surface area contributed by atoms with Crippen LogP contribution in [0.15, 0.2) is 30.3 Å². The van der Waals surface area contributed by atoms with Crippen LogP contribution in [0.5, 0.6) is 0 Å². The second-order valence-electron chi connectivity index (χ2n) is 5.82. The van der Waals surface area contributed by atoms with Crippen LogP contribution in [0.2, 0.25) is 0 Å². The van der Waals surface area contributed by atoms with Gasteiger partial charge in [0, 0.05) is 24.5 Å². The Hall–Kier alpha value is -2.12. The van der Waals surface area contributed by atoms with Gasteiger partial charge in [-0.15, -0.1) is 0 Å². The molecule has 0 N–H and O–H groups in total. The van der Waals surface area contributed by atoms with E-state index in [1.165, 1.54) is 0 Å². The summed E-state index contributed by atoms with van der Waals surface area (Å²) >= 11 is 0. The van der Waals surface area contributed by atoms with Crippen molar-refractivity contribution in [3.8, 4) is 6.07 Å². The van der Waals surface area contributed by atoms with Crippen molar-refractivity contribution in [2.45, 2.75) is 19.4 Å². The second-order valence-corrected chi connectivity index (χ2v) is 5.82. The fourth-order valence-corrected chi connectivity index (χ4v) is 3.09. The van der Waals surface area contributed by atoms with Crippen LogP contribution in [0.3, 0.4) is 0 Å². The third-order valence-electron chi connectivity index (χ3n) is 4.14. The molecule has 1 fully saturated rings. The van der Waals surface area contributed by atoms with Crippen LogP contribution in [0.4, 0.5) is 5.82 Å². The number of nitriles is 1. The highest BCUT2D eigenvalue weighted by atomic mass is 15.3. The fourth-order valence-electron chi connectivity index (χ4n) is 3.09. The van der Waals surface area contributed by atoms with Gasteiger partial charge in [0.25, 0.3) is 0 Å². The Bertz CT molecular complexity index is 689. The van der Waals surface area contributed by atoms with Gasteiger partial charge in [0.1, 0.15) is 11.9 Å². The largest absolute Gasteiger partial charge is 0.351 e. The number of para-hydroxylation sites is 1. The zero-order valence-electron chi connectivity index (χ0n) is 12.6. The van der Waals surface area contributed by atoms with Crippen molar-refractivity contribution >= 4 is 16.7 Å². The number of hydrogen-bond acceptors (Lipinski definition) is 4. The molecular formula is C17H20N4. The monoisotopic (exact) mass is 280 g/mol. The summed E-state index contributed by atoms with van der Waals surface area (Å²) in [6, 6.07) is 12.6. The van der Waals surface area contributed by atoms with E-state index in [0.717, 1.165) is 42.8 Å². The Morgan fingerprint density at radius 3 is 2.90 bits per heavy atom. The fraction of sp³-hybridized carbons (Fsp3) is 0.412. The first-order valence-corrected chi connectivity index (χ1v) is 7.44. The topological polar surface area (TPSA) is 43.2 Å². The van der Waals surface area contributed by atoms with Crippen LogP contribution in [-0.4, -0.2) is 42.6 Å². The smallest absolute Gasteiger partial charge is 0.147 e. The SMILES string of the molecule is CC1CN(C)CCCN1c1nc2ccccc2cc1C#N. The van der Waals surface area contributed by atoms with Crippen molar-refractivity contribution in [1.29, 1.82) is 5.26 Å². The summed E-state index contributed by atoms with van der Waals surface area (Å²) in [5, 5.41) is 10.5. The molecule has 3 rings (SSSR count). The third-order valence-corrected chi connectivity index (χ3v) is 4.14. The number of benzene rings is 1. The molecule has 1 aliphatic rings. The molecule has 108 valence electrons. The summed E-state index contributed by atoms with van der Waals surface area (Å²) in [5.41, 5.74) is 1.63. The van der Waals surface area contributed by atoms with Crippen LogP contribution in [0.1, 0.15) is 18.9 Å². The Kier molecular flexibility index (Phi) is 3.76. The van der Waals surface area contributed by atoms with E-state index in [1.807, 2.05) is 30.3 Å². The van der Waals surface area contributed by atoms with Crippen molar-refractivity contribution in [1.82, 2.24) is 9.88 Å². The predicted molar refractivity (Wildman–Crippen MR) is 85.4 cm³/mol. The van der Waals surface area contributed by atoms with Crippen molar-refractivity contribution in [3.05, 3.63) is 35.9 Å². The number of aromatic nitrogens is 1. The Morgan fingerprint density at radius 1 is 1.29 bits per heavy atom. The second kappa shape index (κ2) is 5.71. The summed E-state index contributed by atoms with van der Waals surface area (Å²) in [6.45, 7) is 5.25. The number of anilines is 1. The Balaban J connectivity index is 2.07. The molecule has 0 radical (unpaired) electrons. The summed E-state index contributed by atoms with van der Waals surface area (Å²) in [5.74, 6) is 0.832. The minimum Gasteiger partial charge on any atom is -0.351 e. The lowest BCUT2D eigenvalue weighted by Crippen LogP contribution is -2.38. The zero-order valence-corrected chi connectivity index (χ0v) is 12.6. The van der Waals surface area contributed by atoms with E-state index < -0.39 is 0 Å². The first-order valence-electron chi connectivity index (χ1n) is 7.44. The van der Waals surface area contributed by atoms with E-state index in [2.05, 4.69) is 29.8 Å². The lowest BCUT2D eigenvalue weighted by Gasteiger charge is -2.29. The molecule has 21 heavy (non-hydrogen) atoms. The van der Waals surface area contributed by atoms with Gasteiger partial charge in [-0.2, -0.15) is 5.26 Å². The predicted octanol–water partition coefficient (Wildman–Crippen LogP) is 2.64. The maximum atomic E-state index is 9.49. The van der Waals surface area contributed by atoms with Gasteiger partial charge in [-0.25, -0.2) is 4.98 Å². The molecule has 0 spiro atoms. The maximum absolute atomic E-state index is 9.49. The number of hydrogen-bond donors (Lipinski definition) is 0. The molecule has 4 heteroatoms. The molecule has 1 atom stereocenters. The molecule has 1 aromatic heterocycles. The lowest BCUT2D eigenvalue weighted by molar-refractivity contribution is 0.337. The summed E-state index contributed by atoms with van der Waals surface area (Å²) in [7, 11) is 2.15. The van der Waals surface area contributed by atoms with Crippen molar-refractivity contribution in [2.75, 3.05) is 31.6 Å². The van der Waals surface area contributed by atoms with Gasteiger partial charge >= 0.3 is 0 Å². The normalized spacial score (nSPS) is 20.2. The zero-order chi connectivity index (χ0) is 14.8. The Morgan fingerprint density at radius 2 is 2.10 bits per heavy atom. The van der Waals surface area contributed by atoms with E-state index in [0.29, 0.717) is 11.6 Å². The van der Waals surface area contributed by atoms with Crippen LogP contribution < -0.4 is 4.90 Å². The summed E-state index contributed by atoms with van der Waals surface area (Å²) in [6.07, 6.45) is 1.10. The van der Waals surface area contributed by atoms with Gasteiger partial charge in [0.15, 0.2) is 0 Å². The minimum absolute atomic E-state index is 0.360. The molecule has 1 aromatic carbocycles. The summed E-state index contributed by atoms with van der Waals surface area (Å²) < 4.78 is 0. The minimum atomic E-state index is 0.360. The molecule has 0 saturated carbocycles. The average Bonchev–Trinajstić information content (AvgIpc) is 2.66. The number of nitrogens with zero attached hydrogens (tertiary/aromatic N) is 4. The van der Waals surface area contributed by atoms with Crippen LogP contribution in [-0.2, 0) is 0 Å². The molecular weight excluding hydrogens is 260 g/mol. The van der Waals surface area contributed by atoms with Gasteiger partial charge in [-0.3, -0.25) is 0 Å². The first kappa shape index (κ1) is 13.8. The van der Waals surface area contributed by atoms with E-state index in [-0.39, 0.29) is 0 Å². The number of rotatable bonds is 1. The summed E-state index contributed by atoms with van der Waals surface area (Å²) in [4.78, 5) is 9.40. The van der Waals surface area contributed by atoms with Crippen molar-refractivity contribution < 1.29 is 0 Å². The van der Waals surface area contributed by atoms with Crippen molar-refractivity contribution in [3.63, 3.8) is 0 Å². The lowest BCUT2D eigenvalue weighted by atomic mass is 10.1. The number of pyridine rings is 1. The highest BCUT2D eigenvalue weighted by Gasteiger charge is 2.23. The van der Waals surface area contributed by atoms with Gasteiger partial charge < -0.3 is 9.80 Å². The van der Waals surface area contributed by atoms with Crippen molar-refractivity contribution in [2.24, 2.45) is 0 Å². The van der Waals surface area contributed by atoms with E-state index >= 15 is 0 Å².